The van der Waals surface area contributed by atoms with Gasteiger partial charge in [0.25, 0.3) is 0 Å². The molecule has 0 spiro atoms. The van der Waals surface area contributed by atoms with Crippen molar-refractivity contribution < 1.29 is 13.2 Å². The van der Waals surface area contributed by atoms with Crippen molar-refractivity contribution in [3.8, 4) is 6.07 Å². The maximum absolute atomic E-state index is 12.1. The molecule has 0 amide bonds. The number of nitriles is 1. The van der Waals surface area contributed by atoms with E-state index in [0.717, 1.165) is 0 Å². The van der Waals surface area contributed by atoms with Crippen molar-refractivity contribution in [3.05, 3.63) is 23.8 Å². The van der Waals surface area contributed by atoms with E-state index in [-0.39, 0.29) is 17.0 Å². The van der Waals surface area contributed by atoms with Gasteiger partial charge in [0.05, 0.1) is 10.5 Å². The number of hydrogen-bond acceptors (Lipinski definition) is 5. The SMILES string of the molecule is CC(C)COCCCNS(=O)(=O)c1ccc(N)cc1C#N. The monoisotopic (exact) mass is 311 g/mol. The third-order valence-corrected chi connectivity index (χ3v) is 4.14. The second-order valence-corrected chi connectivity index (χ2v) is 6.82. The fourth-order valence-electron chi connectivity index (χ4n) is 1.65. The number of ether oxygens (including phenoxy) is 1. The Balaban J connectivity index is 2.57. The van der Waals surface area contributed by atoms with Crippen molar-refractivity contribution in [2.24, 2.45) is 5.92 Å². The quantitative estimate of drug-likeness (QED) is 0.559. The summed E-state index contributed by atoms with van der Waals surface area (Å²) in [6.07, 6.45) is 0.572. The Morgan fingerprint density at radius 3 is 2.76 bits per heavy atom. The van der Waals surface area contributed by atoms with E-state index in [9.17, 15) is 8.42 Å². The molecular weight excluding hydrogens is 290 g/mol. The standard InChI is InChI=1S/C14H21N3O3S/c1-11(2)10-20-7-3-6-17-21(18,19)14-5-4-13(16)8-12(14)9-15/h4-5,8,11,17H,3,6-7,10,16H2,1-2H3. The molecule has 0 aliphatic heterocycles. The third kappa shape index (κ3) is 5.71. The van der Waals surface area contributed by atoms with Crippen LogP contribution in [0, 0.1) is 17.2 Å². The molecule has 0 aromatic heterocycles. The third-order valence-electron chi connectivity index (χ3n) is 2.62. The van der Waals surface area contributed by atoms with E-state index in [4.69, 9.17) is 15.7 Å². The molecule has 7 heteroatoms. The average molecular weight is 311 g/mol. The zero-order chi connectivity index (χ0) is 15.9. The molecule has 0 aliphatic rings. The summed E-state index contributed by atoms with van der Waals surface area (Å²) in [5, 5.41) is 8.98. The topological polar surface area (TPSA) is 105 Å². The summed E-state index contributed by atoms with van der Waals surface area (Å²) in [6.45, 7) is 5.51. The van der Waals surface area contributed by atoms with Gasteiger partial charge in [-0.3, -0.25) is 0 Å². The van der Waals surface area contributed by atoms with Crippen molar-refractivity contribution in [3.63, 3.8) is 0 Å². The Morgan fingerprint density at radius 2 is 2.14 bits per heavy atom. The van der Waals surface area contributed by atoms with E-state index in [1.807, 2.05) is 19.9 Å². The lowest BCUT2D eigenvalue weighted by molar-refractivity contribution is 0.108. The van der Waals surface area contributed by atoms with Crippen LogP contribution in [-0.2, 0) is 14.8 Å². The highest BCUT2D eigenvalue weighted by atomic mass is 32.2. The predicted octanol–water partition coefficient (Wildman–Crippen LogP) is 1.48. The second-order valence-electron chi connectivity index (χ2n) is 5.09. The summed E-state index contributed by atoms with van der Waals surface area (Å²) in [7, 11) is -3.71. The van der Waals surface area contributed by atoms with Gasteiger partial charge in [0.1, 0.15) is 6.07 Å². The first-order valence-corrected chi connectivity index (χ1v) is 8.22. The summed E-state index contributed by atoms with van der Waals surface area (Å²) in [6, 6.07) is 5.99. The van der Waals surface area contributed by atoms with Crippen LogP contribution in [0.2, 0.25) is 0 Å². The summed E-state index contributed by atoms with van der Waals surface area (Å²) in [5.74, 6) is 0.453. The first-order chi connectivity index (χ1) is 9.86. The minimum Gasteiger partial charge on any atom is -0.399 e. The molecule has 1 aromatic carbocycles. The van der Waals surface area contributed by atoms with Gasteiger partial charge in [-0.2, -0.15) is 5.26 Å². The number of anilines is 1. The fraction of sp³-hybridized carbons (Fsp3) is 0.500. The molecule has 0 unspecified atom stereocenters. The van der Waals surface area contributed by atoms with Crippen molar-refractivity contribution in [2.45, 2.75) is 25.2 Å². The molecule has 0 heterocycles. The number of nitrogens with two attached hydrogens (primary N) is 1. The Morgan fingerprint density at radius 1 is 1.43 bits per heavy atom. The number of rotatable bonds is 8. The van der Waals surface area contributed by atoms with E-state index in [0.29, 0.717) is 31.2 Å². The van der Waals surface area contributed by atoms with Gasteiger partial charge in [0.2, 0.25) is 10.0 Å². The first-order valence-electron chi connectivity index (χ1n) is 6.74. The van der Waals surface area contributed by atoms with Crippen molar-refractivity contribution in [1.82, 2.24) is 4.72 Å². The lowest BCUT2D eigenvalue weighted by atomic mass is 10.2. The average Bonchev–Trinajstić information content (AvgIpc) is 2.41. The number of hydrogen-bond donors (Lipinski definition) is 2. The van der Waals surface area contributed by atoms with Crippen LogP contribution in [0.3, 0.4) is 0 Å². The Kier molecular flexibility index (Phi) is 6.62. The van der Waals surface area contributed by atoms with E-state index in [1.165, 1.54) is 18.2 Å². The molecule has 1 rings (SSSR count). The fourth-order valence-corrected chi connectivity index (χ4v) is 2.86. The highest BCUT2D eigenvalue weighted by Crippen LogP contribution is 2.17. The summed E-state index contributed by atoms with van der Waals surface area (Å²) >= 11 is 0. The number of nitrogens with zero attached hydrogens (tertiary/aromatic N) is 1. The minimum absolute atomic E-state index is 0.0403. The molecule has 3 N–H and O–H groups in total. The Labute approximate surface area is 126 Å². The van der Waals surface area contributed by atoms with Crippen LogP contribution in [0.15, 0.2) is 23.1 Å². The van der Waals surface area contributed by atoms with Gasteiger partial charge < -0.3 is 10.5 Å². The lowest BCUT2D eigenvalue weighted by Gasteiger charge is -2.09. The lowest BCUT2D eigenvalue weighted by Crippen LogP contribution is -2.26. The van der Waals surface area contributed by atoms with E-state index in [1.54, 1.807) is 0 Å². The molecule has 0 atom stereocenters. The predicted molar refractivity (Wildman–Crippen MR) is 81.0 cm³/mol. The van der Waals surface area contributed by atoms with Crippen LogP contribution >= 0.6 is 0 Å². The molecule has 0 bridgehead atoms. The Hall–Kier alpha value is -1.62. The van der Waals surface area contributed by atoms with Gasteiger partial charge in [0.15, 0.2) is 0 Å². The van der Waals surface area contributed by atoms with Crippen LogP contribution < -0.4 is 10.5 Å². The Bertz CT molecular complexity index is 606. The number of sulfonamides is 1. The van der Waals surface area contributed by atoms with Gasteiger partial charge in [0, 0.05) is 25.4 Å². The van der Waals surface area contributed by atoms with Gasteiger partial charge >= 0.3 is 0 Å². The zero-order valence-electron chi connectivity index (χ0n) is 12.3. The maximum atomic E-state index is 12.1. The van der Waals surface area contributed by atoms with Crippen LogP contribution in [0.25, 0.3) is 0 Å². The van der Waals surface area contributed by atoms with Gasteiger partial charge in [-0.15, -0.1) is 0 Å². The van der Waals surface area contributed by atoms with Crippen molar-refractivity contribution >= 4 is 15.7 Å². The second kappa shape index (κ2) is 7.98. The van der Waals surface area contributed by atoms with Crippen LogP contribution in [0.1, 0.15) is 25.8 Å². The maximum Gasteiger partial charge on any atom is 0.241 e. The first kappa shape index (κ1) is 17.4. The summed E-state index contributed by atoms with van der Waals surface area (Å²) in [4.78, 5) is -0.0534. The number of nitrogens with one attached hydrogen (secondary N) is 1. The largest absolute Gasteiger partial charge is 0.399 e. The van der Waals surface area contributed by atoms with Crippen molar-refractivity contribution in [1.29, 1.82) is 5.26 Å². The van der Waals surface area contributed by atoms with Crippen molar-refractivity contribution in [2.75, 3.05) is 25.5 Å². The van der Waals surface area contributed by atoms with Crippen LogP contribution in [0.4, 0.5) is 5.69 Å². The number of benzene rings is 1. The molecule has 0 saturated carbocycles. The highest BCUT2D eigenvalue weighted by Gasteiger charge is 2.18. The zero-order valence-corrected chi connectivity index (χ0v) is 13.1. The molecule has 0 fully saturated rings. The normalized spacial score (nSPS) is 11.5. The van der Waals surface area contributed by atoms with Crippen LogP contribution in [-0.4, -0.2) is 28.2 Å². The van der Waals surface area contributed by atoms with E-state index in [2.05, 4.69) is 4.72 Å². The van der Waals surface area contributed by atoms with E-state index < -0.39 is 10.0 Å². The number of nitrogen functional groups attached to an aromatic ring is 1. The molecule has 0 radical (unpaired) electrons. The highest BCUT2D eigenvalue weighted by molar-refractivity contribution is 7.89. The smallest absolute Gasteiger partial charge is 0.241 e. The molecule has 6 nitrogen and oxygen atoms in total. The van der Waals surface area contributed by atoms with Gasteiger partial charge in [-0.1, -0.05) is 13.8 Å². The van der Waals surface area contributed by atoms with Gasteiger partial charge in [-0.05, 0) is 30.5 Å². The minimum atomic E-state index is -3.71. The summed E-state index contributed by atoms with van der Waals surface area (Å²) < 4.78 is 32.1. The van der Waals surface area contributed by atoms with Gasteiger partial charge in [-0.25, -0.2) is 13.1 Å². The molecule has 0 aliphatic carbocycles. The molecular formula is C14H21N3O3S. The molecule has 116 valence electrons. The van der Waals surface area contributed by atoms with Crippen LogP contribution in [0.5, 0.6) is 0 Å². The molecule has 1 aromatic rings. The molecule has 0 saturated heterocycles. The summed E-state index contributed by atoms with van der Waals surface area (Å²) in [5.41, 5.74) is 5.94. The van der Waals surface area contributed by atoms with E-state index >= 15 is 0 Å². The molecule has 21 heavy (non-hydrogen) atoms.